The third-order valence-corrected chi connectivity index (χ3v) is 4.72. The van der Waals surface area contributed by atoms with E-state index in [1.54, 1.807) is 7.05 Å². The molecule has 134 valence electrons. The number of amides is 1. The van der Waals surface area contributed by atoms with Crippen molar-refractivity contribution in [1.29, 1.82) is 0 Å². The molecule has 0 atom stereocenters. The Kier molecular flexibility index (Phi) is 3.98. The van der Waals surface area contributed by atoms with Gasteiger partial charge in [0.2, 0.25) is 5.91 Å². The predicted octanol–water partition coefficient (Wildman–Crippen LogP) is 1.46. The zero-order valence-corrected chi connectivity index (χ0v) is 15.2. The SMILES string of the molecule is Cn1nc(Br)c2c(=O)n(CC(=O)N3CCOc4cc(F)ccc43)cnc21. The van der Waals surface area contributed by atoms with Gasteiger partial charge in [0.05, 0.1) is 12.2 Å². The van der Waals surface area contributed by atoms with Gasteiger partial charge >= 0.3 is 0 Å². The largest absolute Gasteiger partial charge is 0.489 e. The highest BCUT2D eigenvalue weighted by molar-refractivity contribution is 9.10. The van der Waals surface area contributed by atoms with Crippen molar-refractivity contribution >= 4 is 38.6 Å². The van der Waals surface area contributed by atoms with Gasteiger partial charge in [0, 0.05) is 13.1 Å². The average molecular weight is 422 g/mol. The molecule has 1 aliphatic heterocycles. The quantitative estimate of drug-likeness (QED) is 0.625. The van der Waals surface area contributed by atoms with Gasteiger partial charge < -0.3 is 9.64 Å². The maximum absolute atomic E-state index is 13.4. The smallest absolute Gasteiger partial charge is 0.266 e. The lowest BCUT2D eigenvalue weighted by molar-refractivity contribution is -0.119. The highest BCUT2D eigenvalue weighted by Crippen LogP contribution is 2.32. The van der Waals surface area contributed by atoms with Crippen molar-refractivity contribution in [3.05, 3.63) is 45.3 Å². The Hall–Kier alpha value is -2.75. The number of fused-ring (bicyclic) bond motifs is 2. The fraction of sp³-hybridized carbons (Fsp3) is 0.250. The third-order valence-electron chi connectivity index (χ3n) is 4.16. The van der Waals surface area contributed by atoms with Gasteiger partial charge in [0.1, 0.15) is 41.0 Å². The Morgan fingerprint density at radius 3 is 3.04 bits per heavy atom. The number of carbonyl (C=O) groups is 1. The van der Waals surface area contributed by atoms with Crippen molar-refractivity contribution in [3.63, 3.8) is 0 Å². The number of ether oxygens (including phenoxy) is 1. The zero-order chi connectivity index (χ0) is 18.4. The van der Waals surface area contributed by atoms with E-state index in [-0.39, 0.29) is 24.6 Å². The monoisotopic (exact) mass is 421 g/mol. The van der Waals surface area contributed by atoms with E-state index in [0.29, 0.717) is 33.6 Å². The second-order valence-corrected chi connectivity index (χ2v) is 6.55. The lowest BCUT2D eigenvalue weighted by Crippen LogP contribution is -2.41. The number of aromatic nitrogens is 4. The van der Waals surface area contributed by atoms with Gasteiger partial charge in [-0.1, -0.05) is 0 Å². The average Bonchev–Trinajstić information content (AvgIpc) is 2.91. The summed E-state index contributed by atoms with van der Waals surface area (Å²) in [6, 6.07) is 3.99. The van der Waals surface area contributed by atoms with Crippen LogP contribution in [-0.2, 0) is 18.4 Å². The number of hydrogen-bond donors (Lipinski definition) is 0. The molecule has 10 heteroatoms. The molecule has 1 aliphatic rings. The summed E-state index contributed by atoms with van der Waals surface area (Å²) in [6.07, 6.45) is 1.32. The van der Waals surface area contributed by atoms with Crippen molar-refractivity contribution in [2.45, 2.75) is 6.54 Å². The van der Waals surface area contributed by atoms with E-state index in [9.17, 15) is 14.0 Å². The van der Waals surface area contributed by atoms with E-state index in [4.69, 9.17) is 4.74 Å². The molecule has 0 saturated carbocycles. The normalized spacial score (nSPS) is 13.6. The number of nitrogens with zero attached hydrogens (tertiary/aromatic N) is 5. The Balaban J connectivity index is 1.68. The molecule has 0 fully saturated rings. The summed E-state index contributed by atoms with van der Waals surface area (Å²) in [4.78, 5) is 31.1. The lowest BCUT2D eigenvalue weighted by Gasteiger charge is -2.29. The summed E-state index contributed by atoms with van der Waals surface area (Å²) in [5.74, 6) is -0.449. The van der Waals surface area contributed by atoms with E-state index in [1.807, 2.05) is 0 Å². The molecule has 0 unspecified atom stereocenters. The molecule has 2 aromatic heterocycles. The summed E-state index contributed by atoms with van der Waals surface area (Å²) < 4.78 is 21.9. The predicted molar refractivity (Wildman–Crippen MR) is 94.7 cm³/mol. The first-order chi connectivity index (χ1) is 12.5. The van der Waals surface area contributed by atoms with Crippen LogP contribution in [-0.4, -0.2) is 38.4 Å². The maximum Gasteiger partial charge on any atom is 0.266 e. The van der Waals surface area contributed by atoms with Gasteiger partial charge in [-0.05, 0) is 28.1 Å². The molecule has 8 nitrogen and oxygen atoms in total. The van der Waals surface area contributed by atoms with Gasteiger partial charge in [-0.25, -0.2) is 14.1 Å². The van der Waals surface area contributed by atoms with Crippen LogP contribution in [0.25, 0.3) is 11.0 Å². The Morgan fingerprint density at radius 1 is 1.42 bits per heavy atom. The zero-order valence-electron chi connectivity index (χ0n) is 13.6. The molecule has 26 heavy (non-hydrogen) atoms. The molecule has 0 spiro atoms. The van der Waals surface area contributed by atoms with Gasteiger partial charge in [-0.15, -0.1) is 0 Å². The van der Waals surface area contributed by atoms with E-state index in [1.165, 1.54) is 38.7 Å². The Morgan fingerprint density at radius 2 is 2.23 bits per heavy atom. The van der Waals surface area contributed by atoms with Gasteiger partial charge in [-0.3, -0.25) is 14.2 Å². The highest BCUT2D eigenvalue weighted by atomic mass is 79.9. The highest BCUT2D eigenvalue weighted by Gasteiger charge is 2.25. The van der Waals surface area contributed by atoms with Crippen molar-refractivity contribution in [3.8, 4) is 5.75 Å². The molecule has 1 amide bonds. The van der Waals surface area contributed by atoms with Crippen LogP contribution in [0, 0.1) is 5.82 Å². The van der Waals surface area contributed by atoms with Crippen LogP contribution in [0.4, 0.5) is 10.1 Å². The molecular weight excluding hydrogens is 409 g/mol. The van der Waals surface area contributed by atoms with Crippen molar-refractivity contribution in [1.82, 2.24) is 19.3 Å². The molecule has 0 radical (unpaired) electrons. The van der Waals surface area contributed by atoms with E-state index < -0.39 is 5.82 Å². The number of carbonyl (C=O) groups excluding carboxylic acids is 1. The Labute approximate surface area is 154 Å². The summed E-state index contributed by atoms with van der Waals surface area (Å²) >= 11 is 3.24. The number of anilines is 1. The summed E-state index contributed by atoms with van der Waals surface area (Å²) in [7, 11) is 1.68. The standard InChI is InChI=1S/C16H13BrFN5O3/c1-21-15-13(14(17)20-21)16(25)22(8-19-15)7-12(24)23-4-5-26-11-6-9(18)2-3-10(11)23/h2-3,6,8H,4-5,7H2,1H3. The molecule has 0 N–H and O–H groups in total. The van der Waals surface area contributed by atoms with Gasteiger partial charge in [0.25, 0.3) is 5.56 Å². The first kappa shape index (κ1) is 16.7. The van der Waals surface area contributed by atoms with Gasteiger partial charge in [0.15, 0.2) is 5.65 Å². The number of aryl methyl sites for hydroxylation is 1. The topological polar surface area (TPSA) is 82.2 Å². The molecule has 3 heterocycles. The van der Waals surface area contributed by atoms with Gasteiger partial charge in [-0.2, -0.15) is 5.10 Å². The minimum Gasteiger partial charge on any atom is -0.489 e. The second-order valence-electron chi connectivity index (χ2n) is 5.80. The maximum atomic E-state index is 13.4. The van der Waals surface area contributed by atoms with E-state index in [0.717, 1.165) is 0 Å². The van der Waals surface area contributed by atoms with Crippen LogP contribution < -0.4 is 15.2 Å². The molecule has 0 saturated heterocycles. The van der Waals surface area contributed by atoms with Crippen molar-refractivity contribution in [2.75, 3.05) is 18.1 Å². The molecule has 4 rings (SSSR count). The van der Waals surface area contributed by atoms with Crippen LogP contribution in [0.5, 0.6) is 5.75 Å². The number of benzene rings is 1. The van der Waals surface area contributed by atoms with E-state index >= 15 is 0 Å². The minimum absolute atomic E-state index is 0.195. The van der Waals surface area contributed by atoms with Crippen LogP contribution in [0.3, 0.4) is 0 Å². The number of hydrogen-bond acceptors (Lipinski definition) is 5. The van der Waals surface area contributed by atoms with Crippen molar-refractivity contribution in [2.24, 2.45) is 7.05 Å². The lowest BCUT2D eigenvalue weighted by atomic mass is 10.2. The fourth-order valence-electron chi connectivity index (χ4n) is 2.93. The fourth-order valence-corrected chi connectivity index (χ4v) is 3.52. The molecule has 3 aromatic rings. The molecule has 1 aromatic carbocycles. The minimum atomic E-state index is -0.439. The first-order valence-corrected chi connectivity index (χ1v) is 8.55. The second kappa shape index (κ2) is 6.20. The summed E-state index contributed by atoms with van der Waals surface area (Å²) in [6.45, 7) is 0.376. The van der Waals surface area contributed by atoms with E-state index in [2.05, 4.69) is 26.0 Å². The summed E-state index contributed by atoms with van der Waals surface area (Å²) in [5.41, 5.74) is 0.543. The molecule has 0 bridgehead atoms. The number of halogens is 2. The Bertz CT molecular complexity index is 1090. The van der Waals surface area contributed by atoms with Crippen LogP contribution >= 0.6 is 15.9 Å². The third kappa shape index (κ3) is 2.66. The van der Waals surface area contributed by atoms with Crippen LogP contribution in [0.1, 0.15) is 0 Å². The number of rotatable bonds is 2. The summed E-state index contributed by atoms with van der Waals surface area (Å²) in [5, 5.41) is 4.42. The molecule has 0 aliphatic carbocycles. The van der Waals surface area contributed by atoms with Crippen molar-refractivity contribution < 1.29 is 13.9 Å². The van der Waals surface area contributed by atoms with Crippen LogP contribution in [0.2, 0.25) is 0 Å². The molecular formula is C16H13BrFN5O3. The first-order valence-electron chi connectivity index (χ1n) is 7.76. The van der Waals surface area contributed by atoms with Crippen LogP contribution in [0.15, 0.2) is 33.9 Å².